The van der Waals surface area contributed by atoms with Crippen LogP contribution in [0.5, 0.6) is 5.75 Å². The molecule has 0 bridgehead atoms. The minimum atomic E-state index is -1.25. The highest BCUT2D eigenvalue weighted by Crippen LogP contribution is 2.31. The lowest BCUT2D eigenvalue weighted by molar-refractivity contribution is -0.157. The molecule has 2 aromatic heterocycles. The van der Waals surface area contributed by atoms with Crippen molar-refractivity contribution in [2.45, 2.75) is 32.3 Å². The van der Waals surface area contributed by atoms with Crippen LogP contribution in [-0.2, 0) is 4.79 Å². The largest absolute Gasteiger partial charge is 0.478 e. The molecule has 0 amide bonds. The van der Waals surface area contributed by atoms with E-state index < -0.39 is 11.6 Å². The first-order valence-electron chi connectivity index (χ1n) is 8.55. The zero-order chi connectivity index (χ0) is 18.7. The monoisotopic (exact) mass is 357 g/mol. The molecule has 0 atom stereocenters. The van der Waals surface area contributed by atoms with Crippen molar-refractivity contribution in [3.8, 4) is 5.75 Å². The van der Waals surface area contributed by atoms with Crippen molar-refractivity contribution in [3.05, 3.63) is 35.8 Å². The Kier molecular flexibility index (Phi) is 4.92. The summed E-state index contributed by atoms with van der Waals surface area (Å²) in [6, 6.07) is 5.47. The number of hydrogen-bond acceptors (Lipinski definition) is 7. The van der Waals surface area contributed by atoms with Gasteiger partial charge in [0, 0.05) is 50.4 Å². The van der Waals surface area contributed by atoms with Crippen LogP contribution in [0.3, 0.4) is 0 Å². The predicted octanol–water partition coefficient (Wildman–Crippen LogP) is 2.03. The number of hydrogen-bond donors (Lipinski definition) is 2. The molecule has 1 aliphatic rings. The summed E-state index contributed by atoms with van der Waals surface area (Å²) < 4.78 is 5.88. The van der Waals surface area contributed by atoms with E-state index in [1.165, 1.54) is 0 Å². The standard InChI is InChI=1S/C18H23N5O3/c1-12-4-5-14(11-20-12)26-18(16(24)25)6-8-23(9-7-18)15-10-13(2)21-17(19-3)22-15/h4-5,10-11H,6-9H2,1-3H3,(H,24,25)(H,19,21,22). The van der Waals surface area contributed by atoms with Gasteiger partial charge in [0.15, 0.2) is 0 Å². The lowest BCUT2D eigenvalue weighted by Crippen LogP contribution is -2.53. The smallest absolute Gasteiger partial charge is 0.348 e. The van der Waals surface area contributed by atoms with Crippen molar-refractivity contribution in [1.82, 2.24) is 15.0 Å². The van der Waals surface area contributed by atoms with Gasteiger partial charge in [-0.05, 0) is 26.0 Å². The van der Waals surface area contributed by atoms with Gasteiger partial charge < -0.3 is 20.1 Å². The van der Waals surface area contributed by atoms with E-state index in [2.05, 4.69) is 25.2 Å². The van der Waals surface area contributed by atoms with Crippen molar-refractivity contribution >= 4 is 17.7 Å². The third-order valence-corrected chi connectivity index (χ3v) is 4.55. The molecule has 8 heteroatoms. The quantitative estimate of drug-likeness (QED) is 0.838. The number of aryl methyl sites for hydroxylation is 2. The summed E-state index contributed by atoms with van der Waals surface area (Å²) >= 11 is 0. The van der Waals surface area contributed by atoms with Gasteiger partial charge in [0.05, 0.1) is 6.20 Å². The van der Waals surface area contributed by atoms with Gasteiger partial charge in [-0.25, -0.2) is 9.78 Å². The molecule has 0 spiro atoms. The number of aromatic nitrogens is 3. The third-order valence-electron chi connectivity index (χ3n) is 4.55. The summed E-state index contributed by atoms with van der Waals surface area (Å²) in [7, 11) is 1.77. The topological polar surface area (TPSA) is 100 Å². The molecule has 0 aliphatic carbocycles. The first-order valence-corrected chi connectivity index (χ1v) is 8.55. The van der Waals surface area contributed by atoms with Gasteiger partial charge >= 0.3 is 5.97 Å². The number of aliphatic carboxylic acids is 1. The van der Waals surface area contributed by atoms with E-state index in [0.717, 1.165) is 17.2 Å². The van der Waals surface area contributed by atoms with Crippen LogP contribution in [0.1, 0.15) is 24.2 Å². The van der Waals surface area contributed by atoms with Gasteiger partial charge in [-0.1, -0.05) is 0 Å². The Labute approximate surface area is 152 Å². The summed E-state index contributed by atoms with van der Waals surface area (Å²) in [5.41, 5.74) is 0.467. The number of rotatable bonds is 5. The van der Waals surface area contributed by atoms with Gasteiger partial charge in [-0.3, -0.25) is 4.98 Å². The minimum Gasteiger partial charge on any atom is -0.478 e. The molecule has 0 aromatic carbocycles. The van der Waals surface area contributed by atoms with E-state index in [9.17, 15) is 9.90 Å². The second-order valence-corrected chi connectivity index (χ2v) is 6.46. The van der Waals surface area contributed by atoms with Gasteiger partial charge in [0.2, 0.25) is 11.5 Å². The van der Waals surface area contributed by atoms with E-state index >= 15 is 0 Å². The normalized spacial score (nSPS) is 16.2. The van der Waals surface area contributed by atoms with Gasteiger partial charge in [0.25, 0.3) is 0 Å². The first-order chi connectivity index (χ1) is 12.4. The van der Waals surface area contributed by atoms with E-state index in [4.69, 9.17) is 4.74 Å². The first kappa shape index (κ1) is 17.9. The highest BCUT2D eigenvalue weighted by atomic mass is 16.5. The molecular formula is C18H23N5O3. The van der Waals surface area contributed by atoms with E-state index in [-0.39, 0.29) is 0 Å². The molecule has 8 nitrogen and oxygen atoms in total. The maximum atomic E-state index is 11.9. The van der Waals surface area contributed by atoms with E-state index in [0.29, 0.717) is 37.6 Å². The SMILES string of the molecule is CNc1nc(C)cc(N2CCC(Oc3ccc(C)nc3)(C(=O)O)CC2)n1. The van der Waals surface area contributed by atoms with Crippen molar-refractivity contribution in [2.75, 3.05) is 30.4 Å². The van der Waals surface area contributed by atoms with Crippen LogP contribution in [0, 0.1) is 13.8 Å². The van der Waals surface area contributed by atoms with E-state index in [1.54, 1.807) is 19.3 Å². The Morgan fingerprint density at radius 2 is 1.96 bits per heavy atom. The number of pyridine rings is 1. The molecule has 2 N–H and O–H groups in total. The highest BCUT2D eigenvalue weighted by Gasteiger charge is 2.44. The maximum Gasteiger partial charge on any atom is 0.348 e. The molecule has 1 fully saturated rings. The zero-order valence-electron chi connectivity index (χ0n) is 15.2. The molecule has 3 rings (SSSR count). The number of carboxylic acid groups (broad SMARTS) is 1. The third kappa shape index (κ3) is 3.68. The highest BCUT2D eigenvalue weighted by molar-refractivity contribution is 5.78. The number of anilines is 2. The predicted molar refractivity (Wildman–Crippen MR) is 97.7 cm³/mol. The van der Waals surface area contributed by atoms with Crippen LogP contribution < -0.4 is 15.0 Å². The Hall–Kier alpha value is -2.90. The molecule has 138 valence electrons. The van der Waals surface area contributed by atoms with Gasteiger partial charge in [-0.2, -0.15) is 4.98 Å². The summed E-state index contributed by atoms with van der Waals surface area (Å²) in [5, 5.41) is 12.7. The second-order valence-electron chi connectivity index (χ2n) is 6.46. The average molecular weight is 357 g/mol. The van der Waals surface area contributed by atoms with Gasteiger partial charge in [-0.15, -0.1) is 0 Å². The van der Waals surface area contributed by atoms with Crippen molar-refractivity contribution < 1.29 is 14.6 Å². The number of carbonyl (C=O) groups is 1. The lowest BCUT2D eigenvalue weighted by Gasteiger charge is -2.39. The molecule has 2 aromatic rings. The second kappa shape index (κ2) is 7.15. The number of nitrogens with zero attached hydrogens (tertiary/aromatic N) is 4. The Morgan fingerprint density at radius 1 is 1.23 bits per heavy atom. The molecule has 1 saturated heterocycles. The number of nitrogens with one attached hydrogen (secondary N) is 1. The summed E-state index contributed by atoms with van der Waals surface area (Å²) in [6.07, 6.45) is 2.28. The van der Waals surface area contributed by atoms with Crippen molar-refractivity contribution in [3.63, 3.8) is 0 Å². The molecule has 0 radical (unpaired) electrons. The molecule has 0 saturated carbocycles. The van der Waals surface area contributed by atoms with Crippen LogP contribution in [0.15, 0.2) is 24.4 Å². The summed E-state index contributed by atoms with van der Waals surface area (Å²) in [6.45, 7) is 4.85. The van der Waals surface area contributed by atoms with Crippen LogP contribution in [0.4, 0.5) is 11.8 Å². The van der Waals surface area contributed by atoms with Crippen molar-refractivity contribution in [2.24, 2.45) is 0 Å². The molecular weight excluding hydrogens is 334 g/mol. The molecule has 3 heterocycles. The lowest BCUT2D eigenvalue weighted by atomic mass is 9.91. The maximum absolute atomic E-state index is 11.9. The van der Waals surface area contributed by atoms with Crippen LogP contribution in [-0.4, -0.2) is 51.8 Å². The summed E-state index contributed by atoms with van der Waals surface area (Å²) in [5.74, 6) is 0.865. The number of ether oxygens (including phenoxy) is 1. The van der Waals surface area contributed by atoms with Gasteiger partial charge in [0.1, 0.15) is 11.6 Å². The van der Waals surface area contributed by atoms with E-state index in [1.807, 2.05) is 26.0 Å². The van der Waals surface area contributed by atoms with Crippen LogP contribution in [0.2, 0.25) is 0 Å². The fraction of sp³-hybridized carbons (Fsp3) is 0.444. The fourth-order valence-electron chi connectivity index (χ4n) is 3.02. The Balaban J connectivity index is 1.76. The number of carboxylic acids is 1. The Morgan fingerprint density at radius 3 is 2.54 bits per heavy atom. The molecule has 1 aliphatic heterocycles. The number of piperidine rings is 1. The van der Waals surface area contributed by atoms with Crippen molar-refractivity contribution in [1.29, 1.82) is 0 Å². The van der Waals surface area contributed by atoms with Crippen LogP contribution in [0.25, 0.3) is 0 Å². The summed E-state index contributed by atoms with van der Waals surface area (Å²) in [4.78, 5) is 26.9. The zero-order valence-corrected chi connectivity index (χ0v) is 15.2. The van der Waals surface area contributed by atoms with Crippen LogP contribution >= 0.6 is 0 Å². The average Bonchev–Trinajstić information content (AvgIpc) is 2.63. The molecule has 0 unspecified atom stereocenters. The minimum absolute atomic E-state index is 0.355. The molecule has 26 heavy (non-hydrogen) atoms. The Bertz CT molecular complexity index is 786. The fourth-order valence-corrected chi connectivity index (χ4v) is 3.02.